The minimum atomic E-state index is -0.356. The van der Waals surface area contributed by atoms with E-state index in [1.54, 1.807) is 0 Å². The summed E-state index contributed by atoms with van der Waals surface area (Å²) in [4.78, 5) is 11.3. The molecular weight excluding hydrogens is 154 g/mol. The summed E-state index contributed by atoms with van der Waals surface area (Å²) < 4.78 is 4.71. The lowest BCUT2D eigenvalue weighted by Gasteiger charge is -2.36. The monoisotopic (exact) mass is 171 g/mol. The molecule has 0 aromatic heterocycles. The van der Waals surface area contributed by atoms with E-state index < -0.39 is 0 Å². The van der Waals surface area contributed by atoms with E-state index in [9.17, 15) is 4.79 Å². The molecule has 0 bridgehead atoms. The van der Waals surface area contributed by atoms with Gasteiger partial charge < -0.3 is 10.5 Å². The first-order valence-corrected chi connectivity index (χ1v) is 4.44. The van der Waals surface area contributed by atoms with Crippen LogP contribution in [-0.2, 0) is 9.53 Å². The lowest BCUT2D eigenvalue weighted by molar-refractivity contribution is -0.149. The molecule has 0 aromatic carbocycles. The highest BCUT2D eigenvalue weighted by atomic mass is 16.5. The number of carbonyl (C=O) groups is 1. The predicted molar refractivity (Wildman–Crippen MR) is 46.6 cm³/mol. The van der Waals surface area contributed by atoms with E-state index in [4.69, 9.17) is 10.5 Å². The maximum absolute atomic E-state index is 11.3. The molecule has 0 spiro atoms. The molecule has 0 saturated heterocycles. The zero-order valence-electron chi connectivity index (χ0n) is 7.80. The molecule has 0 aromatic rings. The van der Waals surface area contributed by atoms with E-state index in [-0.39, 0.29) is 17.4 Å². The van der Waals surface area contributed by atoms with Gasteiger partial charge in [0.25, 0.3) is 0 Å². The van der Waals surface area contributed by atoms with Crippen LogP contribution in [0.25, 0.3) is 0 Å². The summed E-state index contributed by atoms with van der Waals surface area (Å²) in [6.45, 7) is 1.94. The van der Waals surface area contributed by atoms with Crippen molar-refractivity contribution < 1.29 is 9.53 Å². The third-order valence-corrected chi connectivity index (χ3v) is 2.74. The van der Waals surface area contributed by atoms with Gasteiger partial charge in [-0.2, -0.15) is 0 Å². The Morgan fingerprint density at radius 1 is 1.58 bits per heavy atom. The average molecular weight is 171 g/mol. The molecule has 0 unspecified atom stereocenters. The number of ether oxygens (including phenoxy) is 1. The fourth-order valence-electron chi connectivity index (χ4n) is 1.89. The first-order chi connectivity index (χ1) is 5.58. The van der Waals surface area contributed by atoms with E-state index in [1.165, 1.54) is 7.11 Å². The van der Waals surface area contributed by atoms with Crippen molar-refractivity contribution in [2.45, 2.75) is 38.1 Å². The molecule has 12 heavy (non-hydrogen) atoms. The van der Waals surface area contributed by atoms with Crippen LogP contribution in [0, 0.1) is 5.92 Å². The van der Waals surface area contributed by atoms with Crippen molar-refractivity contribution in [3.05, 3.63) is 0 Å². The van der Waals surface area contributed by atoms with Crippen LogP contribution in [0.4, 0.5) is 0 Å². The van der Waals surface area contributed by atoms with Gasteiger partial charge in [0, 0.05) is 5.54 Å². The second-order valence-corrected chi connectivity index (χ2v) is 3.83. The fraction of sp³-hybridized carbons (Fsp3) is 0.889. The van der Waals surface area contributed by atoms with Crippen LogP contribution in [0.1, 0.15) is 32.6 Å². The smallest absolute Gasteiger partial charge is 0.310 e. The molecule has 2 N–H and O–H groups in total. The number of hydrogen-bond donors (Lipinski definition) is 1. The quantitative estimate of drug-likeness (QED) is 0.600. The number of methoxy groups -OCH3 is 1. The van der Waals surface area contributed by atoms with Gasteiger partial charge in [-0.15, -0.1) is 0 Å². The van der Waals surface area contributed by atoms with Crippen molar-refractivity contribution in [3.63, 3.8) is 0 Å². The van der Waals surface area contributed by atoms with E-state index in [0.29, 0.717) is 0 Å². The van der Waals surface area contributed by atoms with Crippen LogP contribution in [-0.4, -0.2) is 18.6 Å². The Morgan fingerprint density at radius 3 is 2.75 bits per heavy atom. The maximum atomic E-state index is 11.3. The van der Waals surface area contributed by atoms with Crippen LogP contribution in [0.15, 0.2) is 0 Å². The largest absolute Gasteiger partial charge is 0.469 e. The van der Waals surface area contributed by atoms with Crippen LogP contribution in [0.3, 0.4) is 0 Å². The molecule has 1 rings (SSSR count). The third-order valence-electron chi connectivity index (χ3n) is 2.74. The Morgan fingerprint density at radius 2 is 2.25 bits per heavy atom. The van der Waals surface area contributed by atoms with Gasteiger partial charge in [-0.25, -0.2) is 0 Å². The molecule has 1 aliphatic rings. The topological polar surface area (TPSA) is 52.3 Å². The summed E-state index contributed by atoms with van der Waals surface area (Å²) in [5, 5.41) is 0. The molecule has 2 atom stereocenters. The summed E-state index contributed by atoms with van der Waals surface area (Å²) in [5.74, 6) is -0.254. The van der Waals surface area contributed by atoms with Crippen molar-refractivity contribution in [1.29, 1.82) is 0 Å². The van der Waals surface area contributed by atoms with Gasteiger partial charge in [-0.3, -0.25) is 4.79 Å². The summed E-state index contributed by atoms with van der Waals surface area (Å²) in [6.07, 6.45) is 4.01. The first kappa shape index (κ1) is 9.52. The van der Waals surface area contributed by atoms with E-state index >= 15 is 0 Å². The van der Waals surface area contributed by atoms with Crippen molar-refractivity contribution >= 4 is 5.97 Å². The molecule has 1 fully saturated rings. The maximum Gasteiger partial charge on any atom is 0.310 e. The van der Waals surface area contributed by atoms with Gasteiger partial charge in [0.05, 0.1) is 13.0 Å². The van der Waals surface area contributed by atoms with E-state index in [0.717, 1.165) is 25.7 Å². The van der Waals surface area contributed by atoms with Crippen LogP contribution >= 0.6 is 0 Å². The Kier molecular flexibility index (Phi) is 2.73. The number of rotatable bonds is 1. The first-order valence-electron chi connectivity index (χ1n) is 4.44. The summed E-state index contributed by atoms with van der Waals surface area (Å²) >= 11 is 0. The molecular formula is C9H17NO2. The van der Waals surface area contributed by atoms with Crippen molar-refractivity contribution in [1.82, 2.24) is 0 Å². The van der Waals surface area contributed by atoms with Gasteiger partial charge in [0.15, 0.2) is 0 Å². The number of esters is 1. The summed E-state index contributed by atoms with van der Waals surface area (Å²) in [6, 6.07) is 0. The molecule has 0 radical (unpaired) electrons. The normalized spacial score (nSPS) is 36.1. The second kappa shape index (κ2) is 3.44. The molecule has 3 nitrogen and oxygen atoms in total. The lowest BCUT2D eigenvalue weighted by Crippen LogP contribution is -2.50. The Labute approximate surface area is 73.3 Å². The Balaban J connectivity index is 2.66. The molecule has 1 aliphatic carbocycles. The van der Waals surface area contributed by atoms with Gasteiger partial charge in [0.1, 0.15) is 0 Å². The van der Waals surface area contributed by atoms with Crippen LogP contribution in [0.5, 0.6) is 0 Å². The highest BCUT2D eigenvalue weighted by Gasteiger charge is 2.38. The van der Waals surface area contributed by atoms with Crippen LogP contribution in [0.2, 0.25) is 0 Å². The predicted octanol–water partition coefficient (Wildman–Crippen LogP) is 1.07. The zero-order valence-corrected chi connectivity index (χ0v) is 7.80. The summed E-state index contributed by atoms with van der Waals surface area (Å²) in [7, 11) is 1.42. The Bertz CT molecular complexity index is 177. The molecule has 0 aliphatic heterocycles. The molecule has 1 saturated carbocycles. The lowest BCUT2D eigenvalue weighted by atomic mass is 9.75. The zero-order chi connectivity index (χ0) is 9.19. The second-order valence-electron chi connectivity index (χ2n) is 3.83. The SMILES string of the molecule is COC(=O)[C@@H]1CCCC[C@@]1(C)N. The average Bonchev–Trinajstić information content (AvgIpc) is 2.02. The molecule has 0 amide bonds. The minimum Gasteiger partial charge on any atom is -0.469 e. The number of carbonyl (C=O) groups excluding carboxylic acids is 1. The Hall–Kier alpha value is -0.570. The summed E-state index contributed by atoms with van der Waals surface area (Å²) in [5.41, 5.74) is 5.64. The van der Waals surface area contributed by atoms with Crippen LogP contribution < -0.4 is 5.73 Å². The highest BCUT2D eigenvalue weighted by molar-refractivity contribution is 5.74. The van der Waals surface area contributed by atoms with Gasteiger partial charge in [0.2, 0.25) is 0 Å². The van der Waals surface area contributed by atoms with E-state index in [1.807, 2.05) is 6.92 Å². The van der Waals surface area contributed by atoms with Crippen molar-refractivity contribution in [2.24, 2.45) is 11.7 Å². The molecule has 3 heteroatoms. The van der Waals surface area contributed by atoms with Crippen molar-refractivity contribution in [2.75, 3.05) is 7.11 Å². The van der Waals surface area contributed by atoms with E-state index in [2.05, 4.69) is 0 Å². The number of nitrogens with two attached hydrogens (primary N) is 1. The van der Waals surface area contributed by atoms with Gasteiger partial charge >= 0.3 is 5.97 Å². The number of hydrogen-bond acceptors (Lipinski definition) is 3. The fourth-order valence-corrected chi connectivity index (χ4v) is 1.89. The van der Waals surface area contributed by atoms with Gasteiger partial charge in [-0.05, 0) is 19.8 Å². The third kappa shape index (κ3) is 1.78. The molecule has 0 heterocycles. The minimum absolute atomic E-state index is 0.101. The standard InChI is InChI=1S/C9H17NO2/c1-9(10)6-4-3-5-7(9)8(11)12-2/h7H,3-6,10H2,1-2H3/t7-,9+/m0/s1. The van der Waals surface area contributed by atoms with Crippen molar-refractivity contribution in [3.8, 4) is 0 Å². The molecule has 70 valence electrons. The highest BCUT2D eigenvalue weighted by Crippen LogP contribution is 2.32. The van der Waals surface area contributed by atoms with Gasteiger partial charge in [-0.1, -0.05) is 12.8 Å².